The predicted molar refractivity (Wildman–Crippen MR) is 55.5 cm³/mol. The van der Waals surface area contributed by atoms with Gasteiger partial charge in [0.15, 0.2) is 0 Å². The Bertz CT molecular complexity index is 241. The lowest BCUT2D eigenvalue weighted by atomic mass is 10.5. The molecule has 0 heterocycles. The van der Waals surface area contributed by atoms with Gasteiger partial charge >= 0.3 is 12.1 Å². The molecule has 0 aromatic heterocycles. The molecule has 0 amide bonds. The van der Waals surface area contributed by atoms with Gasteiger partial charge in [-0.15, -0.1) is 0 Å². The number of nitrogens with one attached hydrogen (secondary N) is 1. The molecule has 17 heavy (non-hydrogen) atoms. The van der Waals surface area contributed by atoms with E-state index in [0.717, 1.165) is 0 Å². The third-order valence-electron chi connectivity index (χ3n) is 1.49. The topological polar surface area (TPSA) is 47.6 Å². The highest BCUT2D eigenvalue weighted by Gasteiger charge is 2.26. The smallest absolute Gasteiger partial charge is 0.411 e. The monoisotopic (exact) mass is 255 g/mol. The lowest BCUT2D eigenvalue weighted by molar-refractivity contribution is -0.173. The molecule has 0 bridgehead atoms. The lowest BCUT2D eigenvalue weighted by Crippen LogP contribution is -2.24. The van der Waals surface area contributed by atoms with Crippen LogP contribution in [0.4, 0.5) is 13.2 Å². The summed E-state index contributed by atoms with van der Waals surface area (Å²) in [6.07, 6.45) is -1.50. The SMILES string of the molecule is CCOC(=O)/C=C/CNCCOCC(F)(F)F. The fourth-order valence-electron chi connectivity index (χ4n) is 0.863. The maximum Gasteiger partial charge on any atom is 0.411 e. The van der Waals surface area contributed by atoms with Crippen LogP contribution in [0.2, 0.25) is 0 Å². The van der Waals surface area contributed by atoms with Gasteiger partial charge in [-0.2, -0.15) is 13.2 Å². The molecule has 0 aromatic carbocycles. The second kappa shape index (κ2) is 9.00. The molecule has 0 atom stereocenters. The van der Waals surface area contributed by atoms with Gasteiger partial charge in [0.25, 0.3) is 0 Å². The van der Waals surface area contributed by atoms with E-state index in [1.165, 1.54) is 12.2 Å². The van der Waals surface area contributed by atoms with Crippen LogP contribution < -0.4 is 5.32 Å². The van der Waals surface area contributed by atoms with Gasteiger partial charge < -0.3 is 14.8 Å². The number of esters is 1. The molecule has 0 fully saturated rings. The number of carbonyl (C=O) groups excluding carboxylic acids is 1. The highest BCUT2D eigenvalue weighted by molar-refractivity contribution is 5.81. The van der Waals surface area contributed by atoms with Crippen molar-refractivity contribution in [2.45, 2.75) is 13.1 Å². The third kappa shape index (κ3) is 12.9. The second-order valence-corrected chi connectivity index (χ2v) is 3.03. The highest BCUT2D eigenvalue weighted by atomic mass is 19.4. The van der Waals surface area contributed by atoms with E-state index < -0.39 is 18.8 Å². The molecule has 0 spiro atoms. The van der Waals surface area contributed by atoms with Gasteiger partial charge in [0.1, 0.15) is 6.61 Å². The van der Waals surface area contributed by atoms with Gasteiger partial charge in [0.05, 0.1) is 13.2 Å². The van der Waals surface area contributed by atoms with Crippen LogP contribution in [0.25, 0.3) is 0 Å². The fourth-order valence-corrected chi connectivity index (χ4v) is 0.863. The van der Waals surface area contributed by atoms with Crippen LogP contribution in [0.1, 0.15) is 6.92 Å². The van der Waals surface area contributed by atoms with E-state index in [-0.39, 0.29) is 13.2 Å². The van der Waals surface area contributed by atoms with Crippen LogP contribution in [0.5, 0.6) is 0 Å². The largest absolute Gasteiger partial charge is 0.463 e. The molecule has 0 saturated heterocycles. The van der Waals surface area contributed by atoms with Crippen molar-refractivity contribution in [1.29, 1.82) is 0 Å². The molecule has 0 aliphatic carbocycles. The minimum atomic E-state index is -4.29. The summed E-state index contributed by atoms with van der Waals surface area (Å²) in [5.74, 6) is -0.442. The van der Waals surface area contributed by atoms with Crippen LogP contribution in [0.3, 0.4) is 0 Å². The number of ether oxygens (including phenoxy) is 2. The number of hydrogen-bond acceptors (Lipinski definition) is 4. The van der Waals surface area contributed by atoms with Crippen molar-refractivity contribution in [3.63, 3.8) is 0 Å². The third-order valence-corrected chi connectivity index (χ3v) is 1.49. The van der Waals surface area contributed by atoms with Gasteiger partial charge in [0.2, 0.25) is 0 Å². The van der Waals surface area contributed by atoms with Gasteiger partial charge in [-0.1, -0.05) is 6.08 Å². The maximum absolute atomic E-state index is 11.6. The molecule has 0 aliphatic rings. The van der Waals surface area contributed by atoms with Gasteiger partial charge in [-0.25, -0.2) is 4.79 Å². The van der Waals surface area contributed by atoms with Crippen LogP contribution >= 0.6 is 0 Å². The Kier molecular flexibility index (Phi) is 8.43. The summed E-state index contributed by atoms with van der Waals surface area (Å²) in [6, 6.07) is 0. The van der Waals surface area contributed by atoms with Gasteiger partial charge in [-0.3, -0.25) is 0 Å². The molecule has 1 N–H and O–H groups in total. The summed E-state index contributed by atoms with van der Waals surface area (Å²) >= 11 is 0. The zero-order valence-corrected chi connectivity index (χ0v) is 9.55. The van der Waals surface area contributed by atoms with E-state index >= 15 is 0 Å². The molecule has 4 nitrogen and oxygen atoms in total. The maximum atomic E-state index is 11.6. The van der Waals surface area contributed by atoms with Crippen molar-refractivity contribution >= 4 is 5.97 Å². The molecule has 0 aromatic rings. The van der Waals surface area contributed by atoms with E-state index in [1.54, 1.807) is 6.92 Å². The zero-order chi connectivity index (χ0) is 13.1. The zero-order valence-electron chi connectivity index (χ0n) is 9.55. The molecule has 7 heteroatoms. The number of halogens is 3. The predicted octanol–water partition coefficient (Wildman–Crippen LogP) is 1.27. The Morgan fingerprint density at radius 1 is 1.41 bits per heavy atom. The highest BCUT2D eigenvalue weighted by Crippen LogP contribution is 2.13. The van der Waals surface area contributed by atoms with E-state index in [9.17, 15) is 18.0 Å². The summed E-state index contributed by atoms with van der Waals surface area (Å²) in [7, 11) is 0. The molecule has 0 radical (unpaired) electrons. The normalized spacial score (nSPS) is 12.0. The lowest BCUT2D eigenvalue weighted by Gasteiger charge is -2.07. The Hall–Kier alpha value is -1.08. The molecule has 0 rings (SSSR count). The Morgan fingerprint density at radius 2 is 2.12 bits per heavy atom. The van der Waals surface area contributed by atoms with Crippen LogP contribution in [0, 0.1) is 0 Å². The Labute approximate surface area is 97.8 Å². The van der Waals surface area contributed by atoms with Crippen LogP contribution in [-0.4, -0.2) is 45.1 Å². The summed E-state index contributed by atoms with van der Waals surface area (Å²) < 4.78 is 43.9. The summed E-state index contributed by atoms with van der Waals surface area (Å²) in [5, 5.41) is 2.78. The standard InChI is InChI=1S/C10H16F3NO3/c1-2-17-9(15)4-3-5-14-6-7-16-8-10(11,12)13/h3-4,14H,2,5-8H2,1H3/b4-3+. The molecule has 0 unspecified atom stereocenters. The fraction of sp³-hybridized carbons (Fsp3) is 0.700. The first-order valence-corrected chi connectivity index (χ1v) is 5.14. The first-order valence-electron chi connectivity index (χ1n) is 5.14. The van der Waals surface area contributed by atoms with Gasteiger partial charge in [0, 0.05) is 19.2 Å². The van der Waals surface area contributed by atoms with Crippen molar-refractivity contribution in [3.05, 3.63) is 12.2 Å². The van der Waals surface area contributed by atoms with Crippen molar-refractivity contribution in [2.75, 3.05) is 32.9 Å². The number of carbonyl (C=O) groups is 1. The molecule has 100 valence electrons. The minimum absolute atomic E-state index is 0.0350. The average molecular weight is 255 g/mol. The van der Waals surface area contributed by atoms with Crippen molar-refractivity contribution in [2.24, 2.45) is 0 Å². The molecule has 0 saturated carbocycles. The first-order chi connectivity index (χ1) is 7.95. The van der Waals surface area contributed by atoms with E-state index in [0.29, 0.717) is 13.2 Å². The van der Waals surface area contributed by atoms with Gasteiger partial charge in [-0.05, 0) is 6.92 Å². The first kappa shape index (κ1) is 15.9. The minimum Gasteiger partial charge on any atom is -0.463 e. The Morgan fingerprint density at radius 3 is 2.71 bits per heavy atom. The van der Waals surface area contributed by atoms with Crippen molar-refractivity contribution in [3.8, 4) is 0 Å². The van der Waals surface area contributed by atoms with E-state index in [2.05, 4.69) is 14.8 Å². The van der Waals surface area contributed by atoms with Crippen molar-refractivity contribution in [1.82, 2.24) is 5.32 Å². The second-order valence-electron chi connectivity index (χ2n) is 3.03. The summed E-state index contributed by atoms with van der Waals surface area (Å²) in [4.78, 5) is 10.8. The van der Waals surface area contributed by atoms with E-state index in [4.69, 9.17) is 0 Å². The quantitative estimate of drug-likeness (QED) is 0.403. The van der Waals surface area contributed by atoms with Crippen LogP contribution in [-0.2, 0) is 14.3 Å². The summed E-state index contributed by atoms with van der Waals surface area (Å²) in [6.45, 7) is 1.38. The van der Waals surface area contributed by atoms with Crippen molar-refractivity contribution < 1.29 is 27.4 Å². The van der Waals surface area contributed by atoms with Crippen LogP contribution in [0.15, 0.2) is 12.2 Å². The number of hydrogen-bond donors (Lipinski definition) is 1. The number of alkyl halides is 3. The summed E-state index contributed by atoms with van der Waals surface area (Å²) in [5.41, 5.74) is 0. The average Bonchev–Trinajstić information content (AvgIpc) is 2.21. The van der Waals surface area contributed by atoms with E-state index in [1.807, 2.05) is 0 Å². The molecule has 0 aliphatic heterocycles. The number of rotatable bonds is 8. The Balaban J connectivity index is 3.32. The molecular weight excluding hydrogens is 239 g/mol. The molecular formula is C10H16F3NO3.